The third-order valence-corrected chi connectivity index (χ3v) is 7.20. The van der Waals surface area contributed by atoms with Gasteiger partial charge in [0.05, 0.1) is 25.2 Å². The number of carbonyl (C=O) groups excluding carboxylic acids is 1. The summed E-state index contributed by atoms with van der Waals surface area (Å²) in [5.41, 5.74) is 5.12. The molecule has 200 valence electrons. The monoisotopic (exact) mass is 494 g/mol. The summed E-state index contributed by atoms with van der Waals surface area (Å²) in [6, 6.07) is 7.42. The van der Waals surface area contributed by atoms with Gasteiger partial charge in [0.15, 0.2) is 0 Å². The summed E-state index contributed by atoms with van der Waals surface area (Å²) < 4.78 is 16.3. The molecule has 1 aromatic carbocycles. The highest BCUT2D eigenvalue weighted by Crippen LogP contribution is 2.44. The molecule has 0 heterocycles. The fraction of sp³-hybridized carbons (Fsp3) is 0.741. The van der Waals surface area contributed by atoms with Gasteiger partial charge in [-0.1, -0.05) is 45.2 Å². The third kappa shape index (κ3) is 8.72. The van der Waals surface area contributed by atoms with Gasteiger partial charge in [-0.2, -0.15) is 0 Å². The Bertz CT molecular complexity index is 791. The van der Waals surface area contributed by atoms with Gasteiger partial charge in [-0.15, -0.1) is 0 Å². The van der Waals surface area contributed by atoms with E-state index in [4.69, 9.17) is 19.9 Å². The Morgan fingerprint density at radius 2 is 2.06 bits per heavy atom. The SMILES string of the molecule is CCCCCC(C)(CN)CC(=O)OC(O)OC1CCC(CN(C)C)C(O)(c2cccc(OC)c2)C1. The molecule has 0 aliphatic heterocycles. The predicted octanol–water partition coefficient (Wildman–Crippen LogP) is 3.38. The van der Waals surface area contributed by atoms with Crippen LogP contribution in [0.25, 0.3) is 0 Å². The quantitative estimate of drug-likeness (QED) is 0.205. The van der Waals surface area contributed by atoms with Crippen molar-refractivity contribution in [2.75, 3.05) is 34.3 Å². The van der Waals surface area contributed by atoms with Gasteiger partial charge in [-0.3, -0.25) is 4.79 Å². The van der Waals surface area contributed by atoms with E-state index in [-0.39, 0.29) is 24.2 Å². The molecular formula is C27H46N2O6. The zero-order chi connectivity index (χ0) is 26.1. The number of carbonyl (C=O) groups is 1. The number of esters is 1. The van der Waals surface area contributed by atoms with Crippen molar-refractivity contribution >= 4 is 5.97 Å². The summed E-state index contributed by atoms with van der Waals surface area (Å²) >= 11 is 0. The fourth-order valence-electron chi connectivity index (χ4n) is 5.05. The minimum atomic E-state index is -1.69. The first-order valence-electron chi connectivity index (χ1n) is 12.8. The Morgan fingerprint density at radius 3 is 2.69 bits per heavy atom. The summed E-state index contributed by atoms with van der Waals surface area (Å²) in [6.45, 7) is 3.48. The number of methoxy groups -OCH3 is 1. The first-order valence-corrected chi connectivity index (χ1v) is 12.8. The molecule has 0 bridgehead atoms. The van der Waals surface area contributed by atoms with Crippen LogP contribution in [-0.2, 0) is 19.9 Å². The highest BCUT2D eigenvalue weighted by molar-refractivity contribution is 5.70. The Kier molecular flexibility index (Phi) is 11.4. The molecule has 0 saturated heterocycles. The number of benzene rings is 1. The van der Waals surface area contributed by atoms with Crippen LogP contribution in [0.3, 0.4) is 0 Å². The number of unbranched alkanes of at least 4 members (excludes halogenated alkanes) is 2. The zero-order valence-electron chi connectivity index (χ0n) is 22.2. The maximum Gasteiger partial charge on any atom is 0.316 e. The smallest absolute Gasteiger partial charge is 0.316 e. The standard InChI is InChI=1S/C27H46N2O6/c1-6-7-8-14-26(2,19-28)17-24(30)35-25(31)34-23-13-12-21(18-29(3)4)27(32,16-23)20-10-9-11-22(15-20)33-5/h9-11,15,21,23,25,31-32H,6-8,12-14,16-19,28H2,1-5H3. The van der Waals surface area contributed by atoms with Gasteiger partial charge in [0, 0.05) is 18.9 Å². The van der Waals surface area contributed by atoms with Gasteiger partial charge in [0.1, 0.15) is 5.75 Å². The number of rotatable bonds is 14. The number of nitrogens with zero attached hydrogens (tertiary/aromatic N) is 1. The Labute approximate surface area is 210 Å². The van der Waals surface area contributed by atoms with Crippen molar-refractivity contribution in [3.05, 3.63) is 29.8 Å². The molecule has 35 heavy (non-hydrogen) atoms. The molecule has 8 nitrogen and oxygen atoms in total. The molecule has 1 fully saturated rings. The van der Waals surface area contributed by atoms with Gasteiger partial charge >= 0.3 is 12.4 Å². The molecule has 2 rings (SSSR count). The highest BCUT2D eigenvalue weighted by Gasteiger charge is 2.45. The number of aliphatic hydroxyl groups is 2. The molecule has 0 amide bonds. The van der Waals surface area contributed by atoms with E-state index in [9.17, 15) is 15.0 Å². The van der Waals surface area contributed by atoms with E-state index in [2.05, 4.69) is 11.8 Å². The second kappa shape index (κ2) is 13.6. The third-order valence-electron chi connectivity index (χ3n) is 7.20. The summed E-state index contributed by atoms with van der Waals surface area (Å²) in [5.74, 6) is 0.0993. The molecule has 0 spiro atoms. The second-order valence-electron chi connectivity index (χ2n) is 10.6. The van der Waals surface area contributed by atoms with Crippen LogP contribution in [-0.4, -0.2) is 68.0 Å². The van der Waals surface area contributed by atoms with Crippen molar-refractivity contribution in [1.82, 2.24) is 4.90 Å². The first kappa shape index (κ1) is 29.5. The fourth-order valence-corrected chi connectivity index (χ4v) is 5.05. The Hall–Kier alpha value is -1.71. The van der Waals surface area contributed by atoms with E-state index < -0.39 is 24.2 Å². The van der Waals surface area contributed by atoms with Crippen LogP contribution in [0.4, 0.5) is 0 Å². The molecule has 0 radical (unpaired) electrons. The van der Waals surface area contributed by atoms with Crippen molar-refractivity contribution < 1.29 is 29.2 Å². The van der Waals surface area contributed by atoms with Crippen molar-refractivity contribution in [2.24, 2.45) is 17.1 Å². The minimum absolute atomic E-state index is 0.0301. The molecular weight excluding hydrogens is 448 g/mol. The van der Waals surface area contributed by atoms with E-state index in [1.165, 1.54) is 0 Å². The van der Waals surface area contributed by atoms with Crippen LogP contribution in [0.1, 0.15) is 70.8 Å². The number of aliphatic hydroxyl groups excluding tert-OH is 1. The average Bonchev–Trinajstić information content (AvgIpc) is 2.80. The maximum atomic E-state index is 12.5. The second-order valence-corrected chi connectivity index (χ2v) is 10.6. The van der Waals surface area contributed by atoms with E-state index in [0.717, 1.165) is 31.2 Å². The van der Waals surface area contributed by atoms with Crippen LogP contribution >= 0.6 is 0 Å². The van der Waals surface area contributed by atoms with Gasteiger partial charge in [0.25, 0.3) is 0 Å². The van der Waals surface area contributed by atoms with Crippen molar-refractivity contribution in [3.8, 4) is 5.75 Å². The molecule has 5 unspecified atom stereocenters. The lowest BCUT2D eigenvalue weighted by atomic mass is 9.70. The van der Waals surface area contributed by atoms with Gasteiger partial charge in [-0.05, 0) is 63.0 Å². The van der Waals surface area contributed by atoms with Crippen LogP contribution in [0.2, 0.25) is 0 Å². The molecule has 1 aromatic rings. The Balaban J connectivity index is 2.04. The molecule has 8 heteroatoms. The molecule has 5 atom stereocenters. The summed E-state index contributed by atoms with van der Waals surface area (Å²) in [7, 11) is 5.56. The molecule has 1 aliphatic carbocycles. The van der Waals surface area contributed by atoms with Crippen molar-refractivity contribution in [3.63, 3.8) is 0 Å². The van der Waals surface area contributed by atoms with Crippen LogP contribution < -0.4 is 10.5 Å². The number of ether oxygens (including phenoxy) is 3. The molecule has 1 saturated carbocycles. The lowest BCUT2D eigenvalue weighted by Crippen LogP contribution is -2.48. The van der Waals surface area contributed by atoms with Crippen LogP contribution in [0.5, 0.6) is 5.75 Å². The highest BCUT2D eigenvalue weighted by atomic mass is 16.8. The Morgan fingerprint density at radius 1 is 1.31 bits per heavy atom. The van der Waals surface area contributed by atoms with Crippen LogP contribution in [0, 0.1) is 11.3 Å². The van der Waals surface area contributed by atoms with Crippen molar-refractivity contribution in [1.29, 1.82) is 0 Å². The van der Waals surface area contributed by atoms with Crippen molar-refractivity contribution in [2.45, 2.75) is 83.4 Å². The number of hydrogen-bond acceptors (Lipinski definition) is 8. The zero-order valence-corrected chi connectivity index (χ0v) is 22.2. The predicted molar refractivity (Wildman–Crippen MR) is 136 cm³/mol. The summed E-state index contributed by atoms with van der Waals surface area (Å²) in [5, 5.41) is 22.2. The van der Waals surface area contributed by atoms with E-state index in [1.807, 2.05) is 45.3 Å². The normalized spacial score (nSPS) is 25.2. The lowest BCUT2D eigenvalue weighted by molar-refractivity contribution is -0.282. The topological polar surface area (TPSA) is 114 Å². The van der Waals surface area contributed by atoms with Gasteiger partial charge in [0.2, 0.25) is 0 Å². The van der Waals surface area contributed by atoms with Crippen LogP contribution in [0.15, 0.2) is 24.3 Å². The average molecular weight is 495 g/mol. The largest absolute Gasteiger partial charge is 0.497 e. The minimum Gasteiger partial charge on any atom is -0.497 e. The maximum absolute atomic E-state index is 12.5. The van der Waals surface area contributed by atoms with E-state index >= 15 is 0 Å². The summed E-state index contributed by atoms with van der Waals surface area (Å²) in [6.07, 6.45) is 5.25. The number of hydrogen-bond donors (Lipinski definition) is 3. The lowest BCUT2D eigenvalue weighted by Gasteiger charge is -2.44. The number of nitrogens with two attached hydrogens (primary N) is 1. The molecule has 0 aromatic heterocycles. The first-order chi connectivity index (χ1) is 16.5. The van der Waals surface area contributed by atoms with Gasteiger partial charge in [-0.25, -0.2) is 0 Å². The van der Waals surface area contributed by atoms with E-state index in [1.54, 1.807) is 7.11 Å². The van der Waals surface area contributed by atoms with E-state index in [0.29, 0.717) is 31.7 Å². The molecule has 1 aliphatic rings. The van der Waals surface area contributed by atoms with Gasteiger partial charge < -0.3 is 35.1 Å². The molecule has 4 N–H and O–H groups in total. The summed E-state index contributed by atoms with van der Waals surface area (Å²) in [4.78, 5) is 14.6.